The highest BCUT2D eigenvalue weighted by Crippen LogP contribution is 2.44. The average Bonchev–Trinajstić information content (AvgIpc) is 2.40. The largest absolute Gasteiger partial charge is 0.379 e. The Morgan fingerprint density at radius 1 is 1.70 bits per heavy atom. The second-order valence-electron chi connectivity index (χ2n) is 2.01. The van der Waals surface area contributed by atoms with Crippen LogP contribution in [0.15, 0.2) is 0 Å². The van der Waals surface area contributed by atoms with Crippen molar-refractivity contribution in [1.82, 2.24) is 0 Å². The van der Waals surface area contributed by atoms with Crippen LogP contribution in [-0.2, 0) is 13.8 Å². The Kier molecular flexibility index (Phi) is 3.96. The first-order valence-electron chi connectivity index (χ1n) is 3.10. The number of rotatable bonds is 3. The van der Waals surface area contributed by atoms with Crippen LogP contribution in [0.4, 0.5) is 0 Å². The number of hydrogen-bond donors (Lipinski definition) is 1. The van der Waals surface area contributed by atoms with Crippen molar-refractivity contribution in [3.05, 3.63) is 0 Å². The maximum absolute atomic E-state index is 5.34. The molecule has 1 unspecified atom stereocenters. The highest BCUT2D eigenvalue weighted by molar-refractivity contribution is 8.41. The summed E-state index contributed by atoms with van der Waals surface area (Å²) >= 11 is 4.07. The minimum atomic E-state index is -0.975. The maximum Gasteiger partial charge on any atom is 0.234 e. The normalized spacial score (nSPS) is 28.8. The number of hydrogen-bond acceptors (Lipinski definition) is 4. The fourth-order valence-electron chi connectivity index (χ4n) is 0.767. The lowest BCUT2D eigenvalue weighted by Gasteiger charge is -2.12. The van der Waals surface area contributed by atoms with E-state index in [4.69, 9.17) is 13.8 Å². The van der Waals surface area contributed by atoms with Crippen molar-refractivity contribution in [2.24, 2.45) is 0 Å². The van der Waals surface area contributed by atoms with Crippen LogP contribution in [0.3, 0.4) is 0 Å². The summed E-state index contributed by atoms with van der Waals surface area (Å²) in [6.07, 6.45) is 1.16. The molecule has 0 aromatic carbocycles. The minimum Gasteiger partial charge on any atom is -0.379 e. The fourth-order valence-corrected chi connectivity index (χ4v) is 1.67. The summed E-state index contributed by atoms with van der Waals surface area (Å²) in [6, 6.07) is 0. The molecule has 1 heterocycles. The van der Waals surface area contributed by atoms with E-state index in [0.29, 0.717) is 6.61 Å². The molecule has 0 saturated carbocycles. The van der Waals surface area contributed by atoms with E-state index in [1.165, 1.54) is 0 Å². The molecular formula is C5H11O3PS. The van der Waals surface area contributed by atoms with Crippen molar-refractivity contribution in [2.75, 3.05) is 20.3 Å². The lowest BCUT2D eigenvalue weighted by molar-refractivity contribution is 0.142. The van der Waals surface area contributed by atoms with E-state index in [-0.39, 0.29) is 6.10 Å². The second-order valence-corrected chi connectivity index (χ2v) is 4.04. The van der Waals surface area contributed by atoms with E-state index >= 15 is 0 Å². The van der Waals surface area contributed by atoms with Crippen LogP contribution < -0.4 is 0 Å². The molecular weight excluding hydrogens is 171 g/mol. The van der Waals surface area contributed by atoms with Crippen LogP contribution in [0.2, 0.25) is 0 Å². The quantitative estimate of drug-likeness (QED) is 0.530. The molecule has 0 spiro atoms. The SMILES string of the molecule is COP(S)O[C@H]1CCOC1. The zero-order chi connectivity index (χ0) is 7.40. The summed E-state index contributed by atoms with van der Waals surface area (Å²) in [4.78, 5) is 0. The smallest absolute Gasteiger partial charge is 0.234 e. The van der Waals surface area contributed by atoms with Crippen molar-refractivity contribution in [1.29, 1.82) is 0 Å². The molecule has 1 saturated heterocycles. The van der Waals surface area contributed by atoms with Gasteiger partial charge in [-0.25, -0.2) is 0 Å². The van der Waals surface area contributed by atoms with Gasteiger partial charge in [-0.3, -0.25) is 0 Å². The summed E-state index contributed by atoms with van der Waals surface area (Å²) in [7, 11) is 0.617. The summed E-state index contributed by atoms with van der Waals surface area (Å²) in [6.45, 7) is 1.48. The molecule has 2 atom stereocenters. The van der Waals surface area contributed by atoms with Crippen molar-refractivity contribution >= 4 is 19.8 Å². The molecule has 0 amide bonds. The number of ether oxygens (including phenoxy) is 1. The molecule has 10 heavy (non-hydrogen) atoms. The van der Waals surface area contributed by atoms with E-state index in [2.05, 4.69) is 12.2 Å². The van der Waals surface area contributed by atoms with Crippen LogP contribution in [0, 0.1) is 0 Å². The lowest BCUT2D eigenvalue weighted by atomic mass is 10.3. The molecule has 1 aliphatic rings. The molecule has 1 rings (SSSR count). The van der Waals surface area contributed by atoms with Crippen molar-refractivity contribution in [3.8, 4) is 0 Å². The Morgan fingerprint density at radius 2 is 2.50 bits per heavy atom. The van der Waals surface area contributed by atoms with Crippen LogP contribution >= 0.6 is 19.8 Å². The molecule has 3 nitrogen and oxygen atoms in total. The third kappa shape index (κ3) is 2.72. The predicted octanol–water partition coefficient (Wildman–Crippen LogP) is 1.59. The summed E-state index contributed by atoms with van der Waals surface area (Å²) in [5.74, 6) is 0. The third-order valence-corrected chi connectivity index (χ3v) is 2.85. The van der Waals surface area contributed by atoms with Gasteiger partial charge in [0.2, 0.25) is 7.58 Å². The Labute approximate surface area is 67.1 Å². The van der Waals surface area contributed by atoms with E-state index in [1.807, 2.05) is 0 Å². The van der Waals surface area contributed by atoms with E-state index in [1.54, 1.807) is 7.11 Å². The van der Waals surface area contributed by atoms with Crippen molar-refractivity contribution in [2.45, 2.75) is 12.5 Å². The monoisotopic (exact) mass is 182 g/mol. The Balaban J connectivity index is 2.11. The van der Waals surface area contributed by atoms with Gasteiger partial charge in [0.25, 0.3) is 0 Å². The Bertz CT molecular complexity index is 96.9. The molecule has 1 fully saturated rings. The van der Waals surface area contributed by atoms with E-state index in [0.717, 1.165) is 13.0 Å². The first kappa shape index (κ1) is 8.75. The minimum absolute atomic E-state index is 0.198. The van der Waals surface area contributed by atoms with Gasteiger partial charge < -0.3 is 13.8 Å². The Hall–Kier alpha value is 0.660. The van der Waals surface area contributed by atoms with E-state index < -0.39 is 7.58 Å². The molecule has 0 radical (unpaired) electrons. The van der Waals surface area contributed by atoms with Gasteiger partial charge in [0.05, 0.1) is 12.7 Å². The number of thiol groups is 1. The van der Waals surface area contributed by atoms with Crippen LogP contribution in [-0.4, -0.2) is 26.4 Å². The van der Waals surface area contributed by atoms with Crippen molar-refractivity contribution < 1.29 is 13.8 Å². The third-order valence-electron chi connectivity index (χ3n) is 1.28. The van der Waals surface area contributed by atoms with Gasteiger partial charge in [0.15, 0.2) is 0 Å². The first-order valence-corrected chi connectivity index (χ1v) is 5.43. The van der Waals surface area contributed by atoms with Crippen molar-refractivity contribution in [3.63, 3.8) is 0 Å². The molecule has 60 valence electrons. The van der Waals surface area contributed by atoms with Gasteiger partial charge in [-0.05, 0) is 6.42 Å². The molecule has 0 N–H and O–H groups in total. The maximum atomic E-state index is 5.34. The molecule has 0 bridgehead atoms. The topological polar surface area (TPSA) is 27.7 Å². The van der Waals surface area contributed by atoms with Gasteiger partial charge in [-0.1, -0.05) is 12.2 Å². The Morgan fingerprint density at radius 3 is 3.00 bits per heavy atom. The lowest BCUT2D eigenvalue weighted by Crippen LogP contribution is -2.07. The highest BCUT2D eigenvalue weighted by Gasteiger charge is 2.19. The van der Waals surface area contributed by atoms with Crippen LogP contribution in [0.1, 0.15) is 6.42 Å². The molecule has 1 aliphatic heterocycles. The van der Waals surface area contributed by atoms with Crippen LogP contribution in [0.5, 0.6) is 0 Å². The van der Waals surface area contributed by atoms with Gasteiger partial charge >= 0.3 is 0 Å². The fraction of sp³-hybridized carbons (Fsp3) is 1.00. The second kappa shape index (κ2) is 4.52. The zero-order valence-electron chi connectivity index (χ0n) is 5.82. The van der Waals surface area contributed by atoms with E-state index in [9.17, 15) is 0 Å². The highest BCUT2D eigenvalue weighted by atomic mass is 32.7. The van der Waals surface area contributed by atoms with Crippen LogP contribution in [0.25, 0.3) is 0 Å². The standard InChI is InChI=1S/C5H11O3PS/c1-6-9(10)8-5-2-3-7-4-5/h5,10H,2-4H2,1H3/t5-,9?/m0/s1. The first-order chi connectivity index (χ1) is 4.83. The van der Waals surface area contributed by atoms with Gasteiger partial charge in [-0.2, -0.15) is 0 Å². The van der Waals surface area contributed by atoms with Gasteiger partial charge in [0.1, 0.15) is 0 Å². The zero-order valence-corrected chi connectivity index (χ0v) is 7.61. The molecule has 0 aliphatic carbocycles. The summed E-state index contributed by atoms with van der Waals surface area (Å²) in [5.41, 5.74) is 0. The summed E-state index contributed by atoms with van der Waals surface area (Å²) in [5, 5.41) is 0. The van der Waals surface area contributed by atoms with Gasteiger partial charge in [0, 0.05) is 13.7 Å². The molecule has 5 heteroatoms. The molecule has 0 aromatic rings. The summed E-state index contributed by atoms with van der Waals surface area (Å²) < 4.78 is 15.3. The average molecular weight is 182 g/mol. The van der Waals surface area contributed by atoms with Gasteiger partial charge in [-0.15, -0.1) is 0 Å². The predicted molar refractivity (Wildman–Crippen MR) is 43.2 cm³/mol. The molecule has 0 aromatic heterocycles.